The lowest BCUT2D eigenvalue weighted by Gasteiger charge is -2.12. The summed E-state index contributed by atoms with van der Waals surface area (Å²) in [4.78, 5) is 2.13. The number of hydrogen-bond donors (Lipinski definition) is 1. The van der Waals surface area contributed by atoms with Gasteiger partial charge in [-0.1, -0.05) is 0 Å². The quantitative estimate of drug-likeness (QED) is 0.524. The highest BCUT2D eigenvalue weighted by Crippen LogP contribution is 2.10. The van der Waals surface area contributed by atoms with Crippen LogP contribution in [0.4, 0.5) is 0 Å². The summed E-state index contributed by atoms with van der Waals surface area (Å²) in [6.45, 7) is 1.96. The number of rotatable bonds is 5. The smallest absolute Gasteiger partial charge is 0.151 e. The third kappa shape index (κ3) is 6.35. The standard InChI is InChI=1S/C9H20N2O2S.ClH/c1-11(2)6-3-5-10-9-4-7-14(12,13)8-9;/h9-10H,3-8H2,1-2H3;1H/p-1. The van der Waals surface area contributed by atoms with Crippen molar-refractivity contribution < 1.29 is 20.8 Å². The van der Waals surface area contributed by atoms with Gasteiger partial charge in [0.15, 0.2) is 9.84 Å². The van der Waals surface area contributed by atoms with Crippen molar-refractivity contribution in [2.45, 2.75) is 18.9 Å². The van der Waals surface area contributed by atoms with E-state index in [1.165, 1.54) is 0 Å². The minimum atomic E-state index is -2.72. The second kappa shape index (κ2) is 6.68. The van der Waals surface area contributed by atoms with Crippen LogP contribution in [0.3, 0.4) is 0 Å². The number of hydrogen-bond acceptors (Lipinski definition) is 4. The Morgan fingerprint density at radius 1 is 1.40 bits per heavy atom. The summed E-state index contributed by atoms with van der Waals surface area (Å²) in [5.41, 5.74) is 0. The van der Waals surface area contributed by atoms with Crippen LogP contribution >= 0.6 is 0 Å². The van der Waals surface area contributed by atoms with Gasteiger partial charge in [0.25, 0.3) is 0 Å². The SMILES string of the molecule is CN(C)CCCNC1CCS(=O)(=O)C1.[Cl-]. The zero-order valence-electron chi connectivity index (χ0n) is 9.37. The normalized spacial score (nSPS) is 24.1. The molecule has 4 nitrogen and oxygen atoms in total. The zero-order valence-corrected chi connectivity index (χ0v) is 10.9. The molecule has 0 aromatic rings. The molecule has 0 bridgehead atoms. The summed E-state index contributed by atoms with van der Waals surface area (Å²) in [7, 11) is 1.36. The van der Waals surface area contributed by atoms with Crippen molar-refractivity contribution in [1.82, 2.24) is 10.2 Å². The van der Waals surface area contributed by atoms with Crippen molar-refractivity contribution in [3.63, 3.8) is 0 Å². The van der Waals surface area contributed by atoms with Crippen LogP contribution in [0.2, 0.25) is 0 Å². The van der Waals surface area contributed by atoms with Gasteiger partial charge in [-0.2, -0.15) is 0 Å². The molecule has 92 valence electrons. The van der Waals surface area contributed by atoms with E-state index in [0.29, 0.717) is 11.5 Å². The molecule has 6 heteroatoms. The maximum atomic E-state index is 11.1. The van der Waals surface area contributed by atoms with Crippen LogP contribution < -0.4 is 17.7 Å². The van der Waals surface area contributed by atoms with Gasteiger partial charge in [-0.25, -0.2) is 8.42 Å². The van der Waals surface area contributed by atoms with Gasteiger partial charge in [-0.3, -0.25) is 0 Å². The summed E-state index contributed by atoms with van der Waals surface area (Å²) < 4.78 is 22.3. The molecule has 1 rings (SSSR count). The van der Waals surface area contributed by atoms with E-state index in [-0.39, 0.29) is 18.4 Å². The molecular formula is C9H20ClN2O2S-. The van der Waals surface area contributed by atoms with Crippen molar-refractivity contribution in [3.05, 3.63) is 0 Å². The minimum absolute atomic E-state index is 0. The largest absolute Gasteiger partial charge is 1.00 e. The van der Waals surface area contributed by atoms with E-state index < -0.39 is 9.84 Å². The van der Waals surface area contributed by atoms with E-state index in [1.807, 2.05) is 14.1 Å². The monoisotopic (exact) mass is 255 g/mol. The molecule has 0 amide bonds. The molecule has 1 aliphatic rings. The zero-order chi connectivity index (χ0) is 10.6. The van der Waals surface area contributed by atoms with E-state index in [9.17, 15) is 8.42 Å². The Bertz CT molecular complexity index is 267. The average Bonchev–Trinajstić information content (AvgIpc) is 2.39. The van der Waals surface area contributed by atoms with Crippen LogP contribution in [0, 0.1) is 0 Å². The van der Waals surface area contributed by atoms with E-state index >= 15 is 0 Å². The Kier molecular flexibility index (Phi) is 6.75. The molecule has 1 fully saturated rings. The Hall–Kier alpha value is 0.160. The summed E-state index contributed by atoms with van der Waals surface area (Å²) >= 11 is 0. The lowest BCUT2D eigenvalue weighted by molar-refractivity contribution is -0.00000563. The number of sulfone groups is 1. The molecule has 1 atom stereocenters. The minimum Gasteiger partial charge on any atom is -1.00 e. The van der Waals surface area contributed by atoms with Crippen molar-refractivity contribution in [3.8, 4) is 0 Å². The molecule has 0 aliphatic carbocycles. The fourth-order valence-electron chi connectivity index (χ4n) is 1.66. The molecule has 0 saturated carbocycles. The third-order valence-electron chi connectivity index (χ3n) is 2.45. The van der Waals surface area contributed by atoms with Gasteiger partial charge in [-0.15, -0.1) is 0 Å². The van der Waals surface area contributed by atoms with Gasteiger partial charge >= 0.3 is 0 Å². The number of halogens is 1. The summed E-state index contributed by atoms with van der Waals surface area (Å²) in [6, 6.07) is 0.196. The van der Waals surface area contributed by atoms with Crippen molar-refractivity contribution >= 4 is 9.84 Å². The van der Waals surface area contributed by atoms with Crippen LogP contribution in [-0.4, -0.2) is 58.1 Å². The second-order valence-electron chi connectivity index (χ2n) is 4.21. The highest BCUT2D eigenvalue weighted by molar-refractivity contribution is 7.91. The maximum Gasteiger partial charge on any atom is 0.151 e. The lowest BCUT2D eigenvalue weighted by atomic mass is 10.2. The molecule has 0 spiro atoms. The average molecular weight is 256 g/mol. The van der Waals surface area contributed by atoms with Crippen molar-refractivity contribution in [2.75, 3.05) is 38.7 Å². The van der Waals surface area contributed by atoms with Crippen LogP contribution in [-0.2, 0) is 9.84 Å². The third-order valence-corrected chi connectivity index (χ3v) is 4.22. The molecule has 0 radical (unpaired) electrons. The first-order valence-corrected chi connectivity index (χ1v) is 6.90. The Morgan fingerprint density at radius 2 is 2.07 bits per heavy atom. The van der Waals surface area contributed by atoms with Gasteiger partial charge in [0.2, 0.25) is 0 Å². The molecule has 1 aliphatic heterocycles. The fourth-order valence-corrected chi connectivity index (χ4v) is 3.37. The lowest BCUT2D eigenvalue weighted by Crippen LogP contribution is -3.00. The summed E-state index contributed by atoms with van der Waals surface area (Å²) in [6.07, 6.45) is 1.86. The molecule has 1 saturated heterocycles. The van der Waals surface area contributed by atoms with Gasteiger partial charge < -0.3 is 22.6 Å². The van der Waals surface area contributed by atoms with Crippen LogP contribution in [0.15, 0.2) is 0 Å². The predicted octanol–water partition coefficient (Wildman–Crippen LogP) is -3.28. The van der Waals surface area contributed by atoms with Gasteiger partial charge in [0.1, 0.15) is 0 Å². The van der Waals surface area contributed by atoms with E-state index in [4.69, 9.17) is 0 Å². The Balaban J connectivity index is 0.00000196. The topological polar surface area (TPSA) is 49.4 Å². The predicted molar refractivity (Wildman–Crippen MR) is 58.2 cm³/mol. The molecule has 1 heterocycles. The van der Waals surface area contributed by atoms with E-state index in [1.54, 1.807) is 0 Å². The molecule has 0 aromatic heterocycles. The second-order valence-corrected chi connectivity index (χ2v) is 6.44. The first-order valence-electron chi connectivity index (χ1n) is 5.08. The molecule has 15 heavy (non-hydrogen) atoms. The van der Waals surface area contributed by atoms with Crippen LogP contribution in [0.1, 0.15) is 12.8 Å². The van der Waals surface area contributed by atoms with Gasteiger partial charge in [0.05, 0.1) is 11.5 Å². The Morgan fingerprint density at radius 3 is 2.53 bits per heavy atom. The Labute approximate surface area is 98.7 Å². The van der Waals surface area contributed by atoms with Gasteiger partial charge in [-0.05, 0) is 40.0 Å². The summed E-state index contributed by atoms with van der Waals surface area (Å²) in [5, 5.41) is 3.29. The molecular weight excluding hydrogens is 236 g/mol. The molecule has 1 N–H and O–H groups in total. The van der Waals surface area contributed by atoms with Crippen LogP contribution in [0.25, 0.3) is 0 Å². The number of nitrogens with one attached hydrogen (secondary N) is 1. The van der Waals surface area contributed by atoms with Crippen molar-refractivity contribution in [2.24, 2.45) is 0 Å². The number of nitrogens with zero attached hydrogens (tertiary/aromatic N) is 1. The molecule has 0 aromatic carbocycles. The molecule has 1 unspecified atom stereocenters. The van der Waals surface area contributed by atoms with E-state index in [2.05, 4.69) is 10.2 Å². The highest BCUT2D eigenvalue weighted by atomic mass is 35.5. The van der Waals surface area contributed by atoms with Crippen LogP contribution in [0.5, 0.6) is 0 Å². The first kappa shape index (κ1) is 15.2. The van der Waals surface area contributed by atoms with Gasteiger partial charge in [0, 0.05) is 6.04 Å². The highest BCUT2D eigenvalue weighted by Gasteiger charge is 2.26. The van der Waals surface area contributed by atoms with Crippen molar-refractivity contribution in [1.29, 1.82) is 0 Å². The fraction of sp³-hybridized carbons (Fsp3) is 1.00. The van der Waals surface area contributed by atoms with E-state index in [0.717, 1.165) is 25.9 Å². The first-order chi connectivity index (χ1) is 6.49. The maximum absolute atomic E-state index is 11.1. The summed E-state index contributed by atoms with van der Waals surface area (Å²) in [5.74, 6) is 0.688.